The minimum Gasteiger partial charge on any atom is -0.467 e. The highest BCUT2D eigenvalue weighted by molar-refractivity contribution is 9.10. The summed E-state index contributed by atoms with van der Waals surface area (Å²) in [5.74, 6) is 0.582. The van der Waals surface area contributed by atoms with Crippen molar-refractivity contribution in [3.05, 3.63) is 82.7 Å². The van der Waals surface area contributed by atoms with Gasteiger partial charge in [0.2, 0.25) is 5.91 Å². The summed E-state index contributed by atoms with van der Waals surface area (Å²) in [6, 6.07) is 18.4. The number of para-hydroxylation sites is 1. The molecule has 0 unspecified atom stereocenters. The summed E-state index contributed by atoms with van der Waals surface area (Å²) in [6.45, 7) is 0.287. The fraction of sp³-hybridized carbons (Fsp3) is 0.143. The number of thioether (sulfide) groups is 1. The number of halogens is 1. The van der Waals surface area contributed by atoms with Crippen molar-refractivity contribution in [1.29, 1.82) is 0 Å². The van der Waals surface area contributed by atoms with Crippen LogP contribution in [0.4, 0.5) is 5.69 Å². The van der Waals surface area contributed by atoms with Gasteiger partial charge in [0.05, 0.1) is 29.8 Å². The van der Waals surface area contributed by atoms with Crippen LogP contribution in [0.1, 0.15) is 16.1 Å². The summed E-state index contributed by atoms with van der Waals surface area (Å²) in [5.41, 5.74) is 1.01. The number of anilines is 1. The molecule has 0 spiro atoms. The van der Waals surface area contributed by atoms with Crippen LogP contribution in [0.5, 0.6) is 0 Å². The van der Waals surface area contributed by atoms with Gasteiger partial charge >= 0.3 is 0 Å². The summed E-state index contributed by atoms with van der Waals surface area (Å²) < 4.78 is 6.19. The molecule has 5 nitrogen and oxygen atoms in total. The molecule has 0 aliphatic heterocycles. The van der Waals surface area contributed by atoms with Crippen LogP contribution in [0.15, 0.2) is 80.7 Å². The number of hydrogen-bond acceptors (Lipinski definition) is 4. The number of nitrogens with zero attached hydrogens (tertiary/aromatic N) is 1. The lowest BCUT2D eigenvalue weighted by atomic mass is 10.1. The molecular formula is C21H19BrN2O3S. The highest BCUT2D eigenvalue weighted by atomic mass is 79.9. The molecule has 0 bridgehead atoms. The van der Waals surface area contributed by atoms with E-state index in [0.717, 1.165) is 9.37 Å². The van der Waals surface area contributed by atoms with Gasteiger partial charge < -0.3 is 14.6 Å². The zero-order valence-electron chi connectivity index (χ0n) is 15.2. The maximum absolute atomic E-state index is 12.7. The highest BCUT2D eigenvalue weighted by Crippen LogP contribution is 2.28. The van der Waals surface area contributed by atoms with Crippen LogP contribution in [-0.2, 0) is 11.3 Å². The Morgan fingerprint density at radius 2 is 1.82 bits per heavy atom. The van der Waals surface area contributed by atoms with Crippen molar-refractivity contribution < 1.29 is 14.0 Å². The lowest BCUT2D eigenvalue weighted by Gasteiger charge is -2.20. The third-order valence-electron chi connectivity index (χ3n) is 4.08. The largest absolute Gasteiger partial charge is 0.467 e. The van der Waals surface area contributed by atoms with Gasteiger partial charge in [-0.1, -0.05) is 24.3 Å². The molecule has 0 aliphatic carbocycles. The summed E-state index contributed by atoms with van der Waals surface area (Å²) in [4.78, 5) is 27.8. The van der Waals surface area contributed by atoms with Crippen molar-refractivity contribution >= 4 is 45.2 Å². The molecule has 144 valence electrons. The van der Waals surface area contributed by atoms with Crippen LogP contribution < -0.4 is 10.2 Å². The molecule has 0 saturated heterocycles. The van der Waals surface area contributed by atoms with E-state index in [9.17, 15) is 9.59 Å². The second kappa shape index (κ2) is 9.61. The molecule has 1 aromatic heterocycles. The Balaban J connectivity index is 1.67. The topological polar surface area (TPSA) is 62.6 Å². The van der Waals surface area contributed by atoms with E-state index in [1.807, 2.05) is 30.3 Å². The minimum atomic E-state index is -0.259. The van der Waals surface area contributed by atoms with E-state index in [-0.39, 0.29) is 24.1 Å². The fourth-order valence-electron chi connectivity index (χ4n) is 2.57. The lowest BCUT2D eigenvalue weighted by molar-refractivity contribution is -0.115. The number of carbonyl (C=O) groups is 2. The molecule has 7 heteroatoms. The van der Waals surface area contributed by atoms with Gasteiger partial charge in [-0.3, -0.25) is 9.59 Å². The summed E-state index contributed by atoms with van der Waals surface area (Å²) in [6.07, 6.45) is 1.56. The zero-order chi connectivity index (χ0) is 19.9. The van der Waals surface area contributed by atoms with Gasteiger partial charge in [0, 0.05) is 16.4 Å². The molecule has 1 N–H and O–H groups in total. The van der Waals surface area contributed by atoms with E-state index < -0.39 is 0 Å². The van der Waals surface area contributed by atoms with Crippen LogP contribution in [0.2, 0.25) is 0 Å². The van der Waals surface area contributed by atoms with E-state index in [0.29, 0.717) is 17.0 Å². The van der Waals surface area contributed by atoms with E-state index in [1.165, 1.54) is 16.7 Å². The molecule has 0 saturated carbocycles. The van der Waals surface area contributed by atoms with E-state index in [1.54, 1.807) is 43.6 Å². The first-order valence-corrected chi connectivity index (χ1v) is 10.4. The molecule has 3 rings (SSSR count). The number of benzene rings is 2. The zero-order valence-corrected chi connectivity index (χ0v) is 17.6. The number of carbonyl (C=O) groups excluding carboxylic acids is 2. The van der Waals surface area contributed by atoms with Crippen LogP contribution in [-0.4, -0.2) is 24.6 Å². The average Bonchev–Trinajstić information content (AvgIpc) is 3.24. The lowest BCUT2D eigenvalue weighted by Crippen LogP contribution is -2.31. The Labute approximate surface area is 176 Å². The van der Waals surface area contributed by atoms with Gasteiger partial charge in [-0.2, -0.15) is 0 Å². The Kier molecular flexibility index (Phi) is 6.95. The number of amides is 2. The smallest absolute Gasteiger partial charge is 0.253 e. The molecule has 0 radical (unpaired) electrons. The second-order valence-electron chi connectivity index (χ2n) is 5.95. The van der Waals surface area contributed by atoms with Crippen molar-refractivity contribution in [2.45, 2.75) is 11.4 Å². The second-order valence-corrected chi connectivity index (χ2v) is 7.82. The number of furan rings is 1. The molecule has 2 aromatic carbocycles. The van der Waals surface area contributed by atoms with Gasteiger partial charge in [0.25, 0.3) is 5.91 Å². The number of hydrogen-bond donors (Lipinski definition) is 1. The monoisotopic (exact) mass is 458 g/mol. The molecule has 1 heterocycles. The van der Waals surface area contributed by atoms with Gasteiger partial charge in [0.15, 0.2) is 0 Å². The Bertz CT molecular complexity index is 960. The van der Waals surface area contributed by atoms with Gasteiger partial charge in [0.1, 0.15) is 5.76 Å². The first kappa shape index (κ1) is 20.2. The number of nitrogens with one attached hydrogen (secondary N) is 1. The van der Waals surface area contributed by atoms with Crippen LogP contribution in [0, 0.1) is 0 Å². The third kappa shape index (κ3) is 5.05. The Morgan fingerprint density at radius 1 is 1.07 bits per heavy atom. The van der Waals surface area contributed by atoms with Gasteiger partial charge in [-0.15, -0.1) is 11.8 Å². The molecule has 0 aliphatic rings. The maximum atomic E-state index is 12.7. The summed E-state index contributed by atoms with van der Waals surface area (Å²) in [7, 11) is 1.68. The van der Waals surface area contributed by atoms with E-state index in [2.05, 4.69) is 21.2 Å². The van der Waals surface area contributed by atoms with Crippen LogP contribution in [0.25, 0.3) is 0 Å². The molecule has 0 fully saturated rings. The first-order chi connectivity index (χ1) is 13.6. The first-order valence-electron chi connectivity index (χ1n) is 8.59. The molecular weight excluding hydrogens is 440 g/mol. The fourth-order valence-corrected chi connectivity index (χ4v) is 4.05. The number of rotatable bonds is 7. The standard InChI is InChI=1S/C21H19BrN2O3S/c1-24(20(25)14-28-19-11-5-3-9-17(19)22)18-10-4-2-8-16(18)21(26)23-13-15-7-6-12-27-15/h2-12H,13-14H2,1H3,(H,23,26). The van der Waals surface area contributed by atoms with Crippen molar-refractivity contribution in [2.75, 3.05) is 17.7 Å². The van der Waals surface area contributed by atoms with Gasteiger partial charge in [-0.05, 0) is 52.3 Å². The van der Waals surface area contributed by atoms with Crippen molar-refractivity contribution in [3.8, 4) is 0 Å². The Morgan fingerprint density at radius 3 is 2.57 bits per heavy atom. The normalized spacial score (nSPS) is 10.5. The SMILES string of the molecule is CN(C(=O)CSc1ccccc1Br)c1ccccc1C(=O)NCc1ccco1. The van der Waals surface area contributed by atoms with Crippen molar-refractivity contribution in [3.63, 3.8) is 0 Å². The van der Waals surface area contributed by atoms with Crippen molar-refractivity contribution in [2.24, 2.45) is 0 Å². The quantitative estimate of drug-likeness (QED) is 0.519. The summed E-state index contributed by atoms with van der Waals surface area (Å²) >= 11 is 4.94. The molecule has 0 atom stereocenters. The minimum absolute atomic E-state index is 0.0907. The average molecular weight is 459 g/mol. The van der Waals surface area contributed by atoms with E-state index >= 15 is 0 Å². The predicted molar refractivity (Wildman–Crippen MR) is 115 cm³/mol. The van der Waals surface area contributed by atoms with Crippen LogP contribution in [0.3, 0.4) is 0 Å². The summed E-state index contributed by atoms with van der Waals surface area (Å²) in [5, 5.41) is 2.82. The molecule has 3 aromatic rings. The van der Waals surface area contributed by atoms with Crippen LogP contribution >= 0.6 is 27.7 Å². The molecule has 28 heavy (non-hydrogen) atoms. The third-order valence-corrected chi connectivity index (χ3v) is 6.09. The van der Waals surface area contributed by atoms with Crippen molar-refractivity contribution in [1.82, 2.24) is 5.32 Å². The van der Waals surface area contributed by atoms with E-state index in [4.69, 9.17) is 4.42 Å². The predicted octanol–water partition coefficient (Wildman–Crippen LogP) is 4.73. The maximum Gasteiger partial charge on any atom is 0.253 e. The Hall–Kier alpha value is -2.51. The highest BCUT2D eigenvalue weighted by Gasteiger charge is 2.19. The van der Waals surface area contributed by atoms with Gasteiger partial charge in [-0.25, -0.2) is 0 Å². The molecule has 2 amide bonds.